The number of aliphatic carboxylic acids is 1. The Balaban J connectivity index is 0.000000428. The van der Waals surface area contributed by atoms with Gasteiger partial charge in [-0.1, -0.05) is 24.3 Å². The van der Waals surface area contributed by atoms with E-state index in [1.165, 1.54) is 31.2 Å². The summed E-state index contributed by atoms with van der Waals surface area (Å²) in [6.07, 6.45) is 0. The van der Waals surface area contributed by atoms with Gasteiger partial charge in [-0.25, -0.2) is 9.59 Å². The van der Waals surface area contributed by atoms with E-state index >= 15 is 0 Å². The molecule has 0 aliphatic heterocycles. The molecule has 0 radical (unpaired) electrons. The van der Waals surface area contributed by atoms with Gasteiger partial charge in [-0.15, -0.1) is 0 Å². The van der Waals surface area contributed by atoms with Crippen molar-refractivity contribution >= 4 is 23.9 Å². The van der Waals surface area contributed by atoms with Crippen LogP contribution in [0.15, 0.2) is 48.5 Å². The highest BCUT2D eigenvalue weighted by molar-refractivity contribution is 5.92. The zero-order valence-electron chi connectivity index (χ0n) is 14.4. The number of hydrogen-bond donors (Lipinski definition) is 4. The van der Waals surface area contributed by atoms with Crippen LogP contribution in [0.1, 0.15) is 34.6 Å². The van der Waals surface area contributed by atoms with Crippen LogP contribution >= 0.6 is 0 Å². The number of phenols is 1. The van der Waals surface area contributed by atoms with Gasteiger partial charge in [-0.05, 0) is 24.3 Å². The maximum absolute atomic E-state index is 10.6. The van der Waals surface area contributed by atoms with Crippen molar-refractivity contribution in [1.82, 2.24) is 0 Å². The van der Waals surface area contributed by atoms with Crippen LogP contribution in [0.4, 0.5) is 0 Å². The summed E-state index contributed by atoms with van der Waals surface area (Å²) in [7, 11) is 0. The molecule has 0 bridgehead atoms. The molecule has 2 aromatic carbocycles. The summed E-state index contributed by atoms with van der Waals surface area (Å²) in [5.41, 5.74) is -0.0831. The lowest BCUT2D eigenvalue weighted by atomic mass is 10.2. The van der Waals surface area contributed by atoms with Gasteiger partial charge >= 0.3 is 17.9 Å². The van der Waals surface area contributed by atoms with E-state index in [4.69, 9.17) is 25.2 Å². The van der Waals surface area contributed by atoms with Crippen LogP contribution < -0.4 is 4.74 Å². The van der Waals surface area contributed by atoms with E-state index in [1.807, 2.05) is 0 Å². The van der Waals surface area contributed by atoms with Gasteiger partial charge in [-0.3, -0.25) is 9.59 Å². The molecule has 0 aliphatic rings. The SMILES string of the molecule is CC(=O)O.CC(=O)Oc1ccccc1C(=O)O.O=C(O)c1ccccc1O. The molecule has 9 heteroatoms. The Morgan fingerprint density at radius 2 is 1.15 bits per heavy atom. The number of carboxylic acid groups (broad SMARTS) is 3. The third-order valence-corrected chi connectivity index (χ3v) is 2.51. The first-order valence-electron chi connectivity index (χ1n) is 7.27. The minimum Gasteiger partial charge on any atom is -0.507 e. The number of carbonyl (C=O) groups is 4. The van der Waals surface area contributed by atoms with Crippen molar-refractivity contribution in [2.24, 2.45) is 0 Å². The largest absolute Gasteiger partial charge is 0.507 e. The molecule has 0 saturated heterocycles. The maximum Gasteiger partial charge on any atom is 0.339 e. The molecule has 2 rings (SSSR count). The summed E-state index contributed by atoms with van der Waals surface area (Å²) in [5.74, 6) is -3.72. The molecule has 0 amide bonds. The topological polar surface area (TPSA) is 158 Å². The van der Waals surface area contributed by atoms with Crippen molar-refractivity contribution in [1.29, 1.82) is 0 Å². The molecule has 0 saturated carbocycles. The lowest BCUT2D eigenvalue weighted by molar-refractivity contribution is -0.134. The first kappa shape index (κ1) is 23.1. The van der Waals surface area contributed by atoms with Crippen LogP contribution in [0.3, 0.4) is 0 Å². The number of carboxylic acids is 3. The van der Waals surface area contributed by atoms with Gasteiger partial charge in [0.05, 0.1) is 0 Å². The zero-order chi connectivity index (χ0) is 21.0. The Labute approximate surface area is 154 Å². The molecule has 0 aliphatic carbocycles. The third kappa shape index (κ3) is 9.87. The van der Waals surface area contributed by atoms with Crippen LogP contribution in [0.5, 0.6) is 11.5 Å². The summed E-state index contributed by atoms with van der Waals surface area (Å²) in [6, 6.07) is 11.8. The summed E-state index contributed by atoms with van der Waals surface area (Å²) >= 11 is 0. The Kier molecular flexibility index (Phi) is 9.96. The van der Waals surface area contributed by atoms with E-state index in [9.17, 15) is 14.4 Å². The van der Waals surface area contributed by atoms with Crippen molar-refractivity contribution in [3.8, 4) is 11.5 Å². The molecular formula is C18H18O9. The number of para-hydroxylation sites is 2. The molecule has 2 aromatic rings. The summed E-state index contributed by atoms with van der Waals surface area (Å²) in [6.45, 7) is 2.30. The number of carbonyl (C=O) groups excluding carboxylic acids is 1. The standard InChI is InChI=1S/C9H8O4.C7H6O3.C2H4O2/c1-6(10)13-8-5-3-2-4-7(8)9(11)12;8-6-4-2-1-3-5(6)7(9)10;1-2(3)4/h2-5H,1H3,(H,11,12);1-4,8H,(H,9,10);1H3,(H,3,4). The van der Waals surface area contributed by atoms with E-state index in [0.717, 1.165) is 6.92 Å². The normalized spacial score (nSPS) is 8.81. The van der Waals surface area contributed by atoms with Crippen molar-refractivity contribution in [2.45, 2.75) is 13.8 Å². The Bertz CT molecular complexity index is 808. The Hall–Kier alpha value is -3.88. The minimum atomic E-state index is -1.11. The minimum absolute atomic E-state index is 0.0160. The lowest BCUT2D eigenvalue weighted by Gasteiger charge is -2.03. The summed E-state index contributed by atoms with van der Waals surface area (Å²) < 4.78 is 4.69. The second-order valence-corrected chi connectivity index (χ2v) is 4.74. The molecule has 0 aromatic heterocycles. The highest BCUT2D eigenvalue weighted by atomic mass is 16.5. The van der Waals surface area contributed by atoms with E-state index in [2.05, 4.69) is 4.74 Å². The number of hydrogen-bond acceptors (Lipinski definition) is 6. The fourth-order valence-electron chi connectivity index (χ4n) is 1.54. The number of rotatable bonds is 3. The number of aromatic hydroxyl groups is 1. The molecule has 0 atom stereocenters. The van der Waals surface area contributed by atoms with E-state index in [-0.39, 0.29) is 22.6 Å². The summed E-state index contributed by atoms with van der Waals surface area (Å²) in [4.78, 5) is 40.4. The Morgan fingerprint density at radius 3 is 1.52 bits per heavy atom. The highest BCUT2D eigenvalue weighted by Crippen LogP contribution is 2.17. The van der Waals surface area contributed by atoms with E-state index in [1.54, 1.807) is 24.3 Å². The van der Waals surface area contributed by atoms with Crippen LogP contribution in [-0.2, 0) is 9.59 Å². The quantitative estimate of drug-likeness (QED) is 0.465. The predicted octanol–water partition coefficient (Wildman–Crippen LogP) is 2.49. The Morgan fingerprint density at radius 1 is 0.741 bits per heavy atom. The number of ether oxygens (including phenoxy) is 1. The molecule has 0 heterocycles. The van der Waals surface area contributed by atoms with Crippen molar-refractivity contribution in [3.63, 3.8) is 0 Å². The van der Waals surface area contributed by atoms with E-state index < -0.39 is 23.9 Å². The molecule has 0 spiro atoms. The second kappa shape index (κ2) is 11.6. The molecule has 4 N–H and O–H groups in total. The number of benzene rings is 2. The van der Waals surface area contributed by atoms with Gasteiger partial charge in [0, 0.05) is 13.8 Å². The fourth-order valence-corrected chi connectivity index (χ4v) is 1.54. The number of aromatic carboxylic acids is 2. The van der Waals surface area contributed by atoms with Gasteiger partial charge in [0.25, 0.3) is 5.97 Å². The maximum atomic E-state index is 10.6. The molecule has 0 fully saturated rings. The average Bonchev–Trinajstić information content (AvgIpc) is 2.55. The molecule has 144 valence electrons. The van der Waals surface area contributed by atoms with Crippen molar-refractivity contribution in [2.75, 3.05) is 0 Å². The van der Waals surface area contributed by atoms with Gasteiger partial charge in [0.15, 0.2) is 0 Å². The van der Waals surface area contributed by atoms with Gasteiger partial charge < -0.3 is 25.2 Å². The number of esters is 1. The molecule has 0 unspecified atom stereocenters. The van der Waals surface area contributed by atoms with Crippen LogP contribution in [0, 0.1) is 0 Å². The first-order valence-corrected chi connectivity index (χ1v) is 7.27. The predicted molar refractivity (Wildman–Crippen MR) is 93.1 cm³/mol. The van der Waals surface area contributed by atoms with Crippen LogP contribution in [-0.4, -0.2) is 44.3 Å². The smallest absolute Gasteiger partial charge is 0.339 e. The molecule has 27 heavy (non-hydrogen) atoms. The fraction of sp³-hybridized carbons (Fsp3) is 0.111. The van der Waals surface area contributed by atoms with Gasteiger partial charge in [-0.2, -0.15) is 0 Å². The molecule has 9 nitrogen and oxygen atoms in total. The summed E-state index contributed by atoms with van der Waals surface area (Å²) in [5, 5.41) is 33.4. The van der Waals surface area contributed by atoms with Crippen molar-refractivity contribution in [3.05, 3.63) is 59.7 Å². The average molecular weight is 378 g/mol. The van der Waals surface area contributed by atoms with E-state index in [0.29, 0.717) is 0 Å². The highest BCUT2D eigenvalue weighted by Gasteiger charge is 2.11. The lowest BCUT2D eigenvalue weighted by Crippen LogP contribution is -2.06. The van der Waals surface area contributed by atoms with Gasteiger partial charge in [0.2, 0.25) is 0 Å². The zero-order valence-corrected chi connectivity index (χ0v) is 14.4. The monoisotopic (exact) mass is 378 g/mol. The first-order chi connectivity index (χ1) is 12.6. The van der Waals surface area contributed by atoms with Gasteiger partial charge in [0.1, 0.15) is 22.6 Å². The van der Waals surface area contributed by atoms with Crippen molar-refractivity contribution < 1.29 is 44.3 Å². The third-order valence-electron chi connectivity index (χ3n) is 2.51. The molecular weight excluding hydrogens is 360 g/mol. The second-order valence-electron chi connectivity index (χ2n) is 4.74. The van der Waals surface area contributed by atoms with Crippen LogP contribution in [0.2, 0.25) is 0 Å². The van der Waals surface area contributed by atoms with Crippen LogP contribution in [0.25, 0.3) is 0 Å².